The molecule has 5 heteroatoms. The minimum atomic E-state index is -0.0487. The van der Waals surface area contributed by atoms with E-state index >= 15 is 0 Å². The van der Waals surface area contributed by atoms with Gasteiger partial charge in [0.05, 0.1) is 10.5 Å². The summed E-state index contributed by atoms with van der Waals surface area (Å²) in [6.07, 6.45) is 4.36. The molecule has 0 saturated carbocycles. The molecule has 1 saturated heterocycles. The number of benzene rings is 2. The van der Waals surface area contributed by atoms with Gasteiger partial charge < -0.3 is 9.47 Å². The summed E-state index contributed by atoms with van der Waals surface area (Å²) in [6, 6.07) is 8.58. The Hall–Kier alpha value is -2.17. The number of carbonyl (C=O) groups is 2. The lowest BCUT2D eigenvalue weighted by Gasteiger charge is -2.20. The minimum absolute atomic E-state index is 0.0487. The van der Waals surface area contributed by atoms with Crippen LogP contribution in [0.1, 0.15) is 66.3 Å². The molecular weight excluding hydrogens is 396 g/mol. The van der Waals surface area contributed by atoms with Gasteiger partial charge in [0.1, 0.15) is 0 Å². The summed E-state index contributed by atoms with van der Waals surface area (Å²) in [5.41, 5.74) is 4.50. The molecule has 1 aliphatic heterocycles. The molecule has 0 N–H and O–H groups in total. The maximum Gasteiger partial charge on any atom is 0.161 e. The number of hydrogen-bond donors (Lipinski definition) is 0. The average molecular weight is 425 g/mol. The van der Waals surface area contributed by atoms with Crippen molar-refractivity contribution in [2.45, 2.75) is 59.0 Å². The molecule has 158 valence electrons. The van der Waals surface area contributed by atoms with Crippen molar-refractivity contribution in [3.8, 4) is 0 Å². The van der Waals surface area contributed by atoms with E-state index in [1.807, 2.05) is 18.2 Å². The molecule has 1 fully saturated rings. The van der Waals surface area contributed by atoms with E-state index < -0.39 is 0 Å². The van der Waals surface area contributed by atoms with Gasteiger partial charge in [0.2, 0.25) is 0 Å². The number of carbonyl (C=O) groups excluding carboxylic acids is 2. The molecule has 3 aromatic rings. The molecule has 0 spiro atoms. The summed E-state index contributed by atoms with van der Waals surface area (Å²) in [4.78, 5) is 26.8. The van der Waals surface area contributed by atoms with Crippen molar-refractivity contribution < 1.29 is 9.59 Å². The Balaban J connectivity index is 1.95. The van der Waals surface area contributed by atoms with Crippen LogP contribution >= 0.6 is 11.6 Å². The average Bonchev–Trinajstić information content (AvgIpc) is 3.24. The summed E-state index contributed by atoms with van der Waals surface area (Å²) in [7, 11) is 2.20. The third-order valence-corrected chi connectivity index (χ3v) is 6.99. The second-order valence-corrected chi connectivity index (χ2v) is 8.97. The molecule has 4 rings (SSSR count). The van der Waals surface area contributed by atoms with Crippen LogP contribution in [-0.4, -0.2) is 40.7 Å². The van der Waals surface area contributed by atoms with Gasteiger partial charge in [-0.3, -0.25) is 9.59 Å². The quantitative estimate of drug-likeness (QED) is 0.462. The van der Waals surface area contributed by atoms with Crippen LogP contribution in [0.2, 0.25) is 5.02 Å². The van der Waals surface area contributed by atoms with Gasteiger partial charge in [-0.2, -0.15) is 0 Å². The van der Waals surface area contributed by atoms with Crippen LogP contribution in [0.3, 0.4) is 0 Å². The van der Waals surface area contributed by atoms with E-state index in [1.165, 1.54) is 12.8 Å². The molecule has 0 amide bonds. The summed E-state index contributed by atoms with van der Waals surface area (Å²) in [5, 5.41) is 2.50. The summed E-state index contributed by atoms with van der Waals surface area (Å²) in [6.45, 7) is 7.28. The maximum absolute atomic E-state index is 12.3. The zero-order chi connectivity index (χ0) is 21.6. The second kappa shape index (κ2) is 8.16. The Labute approximate surface area is 182 Å². The predicted molar refractivity (Wildman–Crippen MR) is 124 cm³/mol. The monoisotopic (exact) mass is 424 g/mol. The lowest BCUT2D eigenvalue weighted by Crippen LogP contribution is -2.26. The maximum atomic E-state index is 12.3. The van der Waals surface area contributed by atoms with Gasteiger partial charge in [-0.1, -0.05) is 18.5 Å². The van der Waals surface area contributed by atoms with Crippen molar-refractivity contribution in [3.63, 3.8) is 0 Å². The number of Topliss-reactive ketones (excluding diaryl/α,β-unsaturated/α-hetero) is 2. The molecular formula is C25H29ClN2O2. The van der Waals surface area contributed by atoms with Gasteiger partial charge in [0.25, 0.3) is 0 Å². The van der Waals surface area contributed by atoms with Crippen molar-refractivity contribution in [2.24, 2.45) is 0 Å². The highest BCUT2D eigenvalue weighted by Gasteiger charge is 2.23. The third-order valence-electron chi connectivity index (χ3n) is 6.68. The van der Waals surface area contributed by atoms with Gasteiger partial charge >= 0.3 is 0 Å². The fraction of sp³-hybridized carbons (Fsp3) is 0.440. The first kappa shape index (κ1) is 21.1. The molecule has 2 aromatic carbocycles. The topological polar surface area (TPSA) is 42.3 Å². The van der Waals surface area contributed by atoms with Gasteiger partial charge in [0.15, 0.2) is 11.6 Å². The zero-order valence-corrected chi connectivity index (χ0v) is 19.0. The lowest BCUT2D eigenvalue weighted by atomic mass is 9.98. The Morgan fingerprint density at radius 2 is 1.67 bits per heavy atom. The van der Waals surface area contributed by atoms with Crippen molar-refractivity contribution in [2.75, 3.05) is 13.6 Å². The van der Waals surface area contributed by atoms with Crippen LogP contribution in [0.4, 0.5) is 0 Å². The molecule has 1 aliphatic rings. The number of hydrogen-bond acceptors (Lipinski definition) is 3. The molecule has 1 atom stereocenters. The highest BCUT2D eigenvalue weighted by molar-refractivity contribution is 6.35. The first-order valence-corrected chi connectivity index (χ1v) is 11.2. The normalized spacial score (nSPS) is 17.3. The van der Waals surface area contributed by atoms with Gasteiger partial charge in [-0.25, -0.2) is 0 Å². The highest BCUT2D eigenvalue weighted by Crippen LogP contribution is 2.36. The molecule has 0 radical (unpaired) electrons. The third kappa shape index (κ3) is 3.57. The Bertz CT molecular complexity index is 1160. The van der Waals surface area contributed by atoms with Crippen molar-refractivity contribution in [1.82, 2.24) is 9.47 Å². The van der Waals surface area contributed by atoms with Crippen LogP contribution in [0.25, 0.3) is 21.8 Å². The molecule has 4 nitrogen and oxygen atoms in total. The number of fused-ring (bicyclic) bond motifs is 3. The fourth-order valence-electron chi connectivity index (χ4n) is 4.96. The van der Waals surface area contributed by atoms with E-state index in [2.05, 4.69) is 29.5 Å². The van der Waals surface area contributed by atoms with Crippen molar-refractivity contribution >= 4 is 45.0 Å². The van der Waals surface area contributed by atoms with Gasteiger partial charge in [0, 0.05) is 40.0 Å². The summed E-state index contributed by atoms with van der Waals surface area (Å²) in [5.74, 6) is 0.0235. The largest absolute Gasteiger partial charge is 0.340 e. The van der Waals surface area contributed by atoms with Crippen LogP contribution in [0, 0.1) is 0 Å². The number of rotatable bonds is 6. The van der Waals surface area contributed by atoms with Crippen LogP contribution < -0.4 is 0 Å². The van der Waals surface area contributed by atoms with Crippen LogP contribution in [-0.2, 0) is 13.0 Å². The van der Waals surface area contributed by atoms with Crippen molar-refractivity contribution in [3.05, 3.63) is 46.0 Å². The van der Waals surface area contributed by atoms with E-state index in [4.69, 9.17) is 11.6 Å². The van der Waals surface area contributed by atoms with E-state index in [0.29, 0.717) is 16.6 Å². The predicted octanol–water partition coefficient (Wildman–Crippen LogP) is 5.90. The number of aromatic nitrogens is 1. The smallest absolute Gasteiger partial charge is 0.161 e. The molecule has 0 bridgehead atoms. The van der Waals surface area contributed by atoms with Crippen molar-refractivity contribution in [1.29, 1.82) is 0 Å². The number of likely N-dealkylation sites (tertiary alicyclic amines) is 1. The number of ketones is 2. The SMILES string of the molecule is CCc1cc2c(cc1C(C)=O)c1cc(C(C)=O)c(Cl)cc1n2CCC1CCCN1C. The second-order valence-electron chi connectivity index (χ2n) is 8.56. The minimum Gasteiger partial charge on any atom is -0.340 e. The number of nitrogens with zero attached hydrogens (tertiary/aromatic N) is 2. The van der Waals surface area contributed by atoms with Gasteiger partial charge in [-0.05, 0) is 83.0 Å². The standard InChI is InChI=1S/C25H29ClN2O2/c1-5-17-11-24-21(12-19(17)15(2)29)22-13-20(16(3)30)23(26)14-25(22)28(24)10-8-18-7-6-9-27(18)4/h11-14,18H,5-10H2,1-4H3. The lowest BCUT2D eigenvalue weighted by molar-refractivity contribution is 0.100. The molecule has 0 aliphatic carbocycles. The first-order chi connectivity index (χ1) is 14.3. The Kier molecular flexibility index (Phi) is 5.73. The van der Waals surface area contributed by atoms with Gasteiger partial charge in [-0.15, -0.1) is 0 Å². The summed E-state index contributed by atoms with van der Waals surface area (Å²) < 4.78 is 2.33. The zero-order valence-electron chi connectivity index (χ0n) is 18.2. The highest BCUT2D eigenvalue weighted by atomic mass is 35.5. The van der Waals surface area contributed by atoms with Crippen LogP contribution in [0.5, 0.6) is 0 Å². The van der Waals surface area contributed by atoms with E-state index in [1.54, 1.807) is 13.8 Å². The molecule has 30 heavy (non-hydrogen) atoms. The Morgan fingerprint density at radius 1 is 1.03 bits per heavy atom. The first-order valence-electron chi connectivity index (χ1n) is 10.8. The molecule has 2 heterocycles. The van der Waals surface area contributed by atoms with Crippen LogP contribution in [0.15, 0.2) is 24.3 Å². The van der Waals surface area contributed by atoms with E-state index in [-0.39, 0.29) is 11.6 Å². The van der Waals surface area contributed by atoms with E-state index in [0.717, 1.165) is 58.9 Å². The molecule has 1 unspecified atom stereocenters. The summed E-state index contributed by atoms with van der Waals surface area (Å²) >= 11 is 6.49. The number of aryl methyl sites for hydroxylation is 2. The fourth-order valence-corrected chi connectivity index (χ4v) is 5.25. The Morgan fingerprint density at radius 3 is 2.23 bits per heavy atom. The van der Waals surface area contributed by atoms with E-state index in [9.17, 15) is 9.59 Å². The molecule has 1 aromatic heterocycles. The number of halogens is 1.